The van der Waals surface area contributed by atoms with Gasteiger partial charge in [-0.25, -0.2) is 0 Å². The van der Waals surface area contributed by atoms with Crippen molar-refractivity contribution in [2.75, 3.05) is 13.7 Å². The van der Waals surface area contributed by atoms with Crippen molar-refractivity contribution in [2.24, 2.45) is 0 Å². The fraction of sp³-hybridized carbons (Fsp3) is 0.182. The van der Waals surface area contributed by atoms with Gasteiger partial charge in [-0.3, -0.25) is 0 Å². The molecule has 0 bridgehead atoms. The van der Waals surface area contributed by atoms with Crippen LogP contribution in [0.4, 0.5) is 0 Å². The van der Waals surface area contributed by atoms with E-state index in [0.717, 1.165) is 29.0 Å². The average Bonchev–Trinajstić information content (AvgIpc) is 2.69. The highest BCUT2D eigenvalue weighted by molar-refractivity contribution is 6.30. The Morgan fingerprint density at radius 3 is 2.31 bits per heavy atom. The summed E-state index contributed by atoms with van der Waals surface area (Å²) < 4.78 is 5.28. The first-order chi connectivity index (χ1) is 12.6. The zero-order chi connectivity index (χ0) is 18.4. The molecule has 0 fully saturated rings. The van der Waals surface area contributed by atoms with Crippen molar-refractivity contribution in [3.63, 3.8) is 0 Å². The van der Waals surface area contributed by atoms with Crippen molar-refractivity contribution >= 4 is 11.6 Å². The van der Waals surface area contributed by atoms with Crippen molar-refractivity contribution in [3.8, 4) is 5.75 Å². The second-order valence-corrected chi connectivity index (χ2v) is 6.72. The molecule has 3 aromatic carbocycles. The van der Waals surface area contributed by atoms with Gasteiger partial charge in [0.05, 0.1) is 7.11 Å². The molecule has 0 heterocycles. The maximum atomic E-state index is 11.5. The van der Waals surface area contributed by atoms with Crippen LogP contribution in [0.15, 0.2) is 78.9 Å². The second kappa shape index (κ2) is 8.37. The van der Waals surface area contributed by atoms with E-state index in [1.165, 1.54) is 0 Å². The highest BCUT2D eigenvalue weighted by Crippen LogP contribution is 2.29. The Morgan fingerprint density at radius 1 is 0.923 bits per heavy atom. The summed E-state index contributed by atoms with van der Waals surface area (Å²) >= 11 is 6.02. The minimum absolute atomic E-state index is 0.496. The first-order valence-corrected chi connectivity index (χ1v) is 8.98. The predicted octanol–water partition coefficient (Wildman–Crippen LogP) is 3.35. The Kier molecular flexibility index (Phi) is 5.94. The highest BCUT2D eigenvalue weighted by Gasteiger charge is 2.33. The van der Waals surface area contributed by atoms with Gasteiger partial charge in [0, 0.05) is 10.6 Å². The van der Waals surface area contributed by atoms with Crippen LogP contribution in [0.5, 0.6) is 5.75 Å². The van der Waals surface area contributed by atoms with Crippen molar-refractivity contribution in [1.29, 1.82) is 0 Å². The molecule has 1 atom stereocenters. The van der Waals surface area contributed by atoms with Gasteiger partial charge >= 0.3 is 0 Å². The molecule has 0 aliphatic carbocycles. The molecule has 3 N–H and O–H groups in total. The molecule has 0 saturated heterocycles. The molecule has 0 unspecified atom stereocenters. The lowest BCUT2D eigenvalue weighted by Crippen LogP contribution is -2.86. The molecule has 0 aliphatic rings. The largest absolute Gasteiger partial charge is 0.497 e. The maximum Gasteiger partial charge on any atom is 0.163 e. The highest BCUT2D eigenvalue weighted by atomic mass is 35.5. The molecular formula is C22H23ClNO2+. The number of hydrogen-bond donors (Lipinski definition) is 2. The predicted molar refractivity (Wildman–Crippen MR) is 104 cm³/mol. The molecule has 134 valence electrons. The number of halogens is 1. The van der Waals surface area contributed by atoms with E-state index in [-0.39, 0.29) is 0 Å². The normalized spacial score (nSPS) is 13.2. The van der Waals surface area contributed by atoms with E-state index in [4.69, 9.17) is 16.3 Å². The zero-order valence-corrected chi connectivity index (χ0v) is 15.5. The third-order valence-corrected chi connectivity index (χ3v) is 4.78. The summed E-state index contributed by atoms with van der Waals surface area (Å²) in [7, 11) is 1.66. The smallest absolute Gasteiger partial charge is 0.163 e. The quantitative estimate of drug-likeness (QED) is 0.671. The molecule has 0 amide bonds. The fourth-order valence-corrected chi connectivity index (χ4v) is 3.21. The molecule has 0 aliphatic heterocycles. The second-order valence-electron chi connectivity index (χ2n) is 6.28. The van der Waals surface area contributed by atoms with Crippen molar-refractivity contribution in [2.45, 2.75) is 12.1 Å². The minimum Gasteiger partial charge on any atom is -0.497 e. The van der Waals surface area contributed by atoms with E-state index in [2.05, 4.69) is 11.4 Å². The van der Waals surface area contributed by atoms with Crippen molar-refractivity contribution < 1.29 is 15.2 Å². The number of methoxy groups -OCH3 is 1. The first kappa shape index (κ1) is 18.5. The van der Waals surface area contributed by atoms with E-state index < -0.39 is 5.60 Å². The van der Waals surface area contributed by atoms with E-state index >= 15 is 0 Å². The third-order valence-electron chi connectivity index (χ3n) is 4.53. The maximum absolute atomic E-state index is 11.5. The van der Waals surface area contributed by atoms with Crippen LogP contribution in [0.3, 0.4) is 0 Å². The van der Waals surface area contributed by atoms with Crippen LogP contribution in [0.25, 0.3) is 0 Å². The summed E-state index contributed by atoms with van der Waals surface area (Å²) in [4.78, 5) is 0. The van der Waals surface area contributed by atoms with Gasteiger partial charge in [-0.05, 0) is 35.4 Å². The van der Waals surface area contributed by atoms with E-state index in [1.807, 2.05) is 72.8 Å². The van der Waals surface area contributed by atoms with E-state index in [9.17, 15) is 5.11 Å². The Bertz CT molecular complexity index is 836. The Morgan fingerprint density at radius 2 is 1.62 bits per heavy atom. The van der Waals surface area contributed by atoms with Gasteiger partial charge in [0.15, 0.2) is 5.60 Å². The monoisotopic (exact) mass is 368 g/mol. The van der Waals surface area contributed by atoms with Gasteiger partial charge in [-0.15, -0.1) is 0 Å². The molecule has 4 heteroatoms. The Hall–Kier alpha value is -2.33. The number of hydrogen-bond acceptors (Lipinski definition) is 2. The molecule has 0 spiro atoms. The summed E-state index contributed by atoms with van der Waals surface area (Å²) in [5.41, 5.74) is 1.75. The minimum atomic E-state index is -1.09. The van der Waals surface area contributed by atoms with Crippen LogP contribution in [0.1, 0.15) is 16.7 Å². The zero-order valence-electron chi connectivity index (χ0n) is 14.7. The summed E-state index contributed by atoms with van der Waals surface area (Å²) in [6.45, 7) is 1.25. The number of quaternary nitrogens is 1. The summed E-state index contributed by atoms with van der Waals surface area (Å²) in [6.07, 6.45) is 0. The number of rotatable bonds is 7. The summed E-state index contributed by atoms with van der Waals surface area (Å²) in [5.74, 6) is 0.840. The van der Waals surface area contributed by atoms with Crippen molar-refractivity contribution in [3.05, 3.63) is 101 Å². The van der Waals surface area contributed by atoms with Crippen molar-refractivity contribution in [1.82, 2.24) is 0 Å². The molecule has 3 nitrogen and oxygen atoms in total. The van der Waals surface area contributed by atoms with Crippen LogP contribution in [-0.4, -0.2) is 18.8 Å². The third kappa shape index (κ3) is 4.25. The van der Waals surface area contributed by atoms with Crippen LogP contribution in [-0.2, 0) is 12.1 Å². The number of aliphatic hydroxyl groups is 1. The van der Waals surface area contributed by atoms with Crippen LogP contribution >= 0.6 is 11.6 Å². The van der Waals surface area contributed by atoms with Gasteiger partial charge in [-0.2, -0.15) is 0 Å². The molecule has 3 rings (SSSR count). The van der Waals surface area contributed by atoms with E-state index in [1.54, 1.807) is 7.11 Å². The molecule has 0 saturated carbocycles. The number of ether oxygens (including phenoxy) is 1. The standard InChI is InChI=1S/C22H22ClNO2/c1-26-21-9-5-6-17(14-21)15-24-16-22(25,18-7-3-2-4-8-18)19-10-12-20(23)13-11-19/h2-14,24-25H,15-16H2,1H3/p+1/t22-/m0/s1. The molecule has 3 aromatic rings. The molecular weight excluding hydrogens is 346 g/mol. The Balaban J connectivity index is 1.81. The lowest BCUT2D eigenvalue weighted by molar-refractivity contribution is -0.682. The number of benzene rings is 3. The summed E-state index contributed by atoms with van der Waals surface area (Å²) in [6, 6.07) is 25.1. The molecule has 0 aromatic heterocycles. The van der Waals surface area contributed by atoms with Gasteiger partial charge in [0.1, 0.15) is 18.8 Å². The van der Waals surface area contributed by atoms with Gasteiger partial charge in [-0.1, -0.05) is 66.2 Å². The lowest BCUT2D eigenvalue weighted by Gasteiger charge is -2.28. The first-order valence-electron chi connectivity index (χ1n) is 8.60. The lowest BCUT2D eigenvalue weighted by atomic mass is 9.86. The number of nitrogens with two attached hydrogens (primary N) is 1. The van der Waals surface area contributed by atoms with Crippen LogP contribution in [0.2, 0.25) is 5.02 Å². The fourth-order valence-electron chi connectivity index (χ4n) is 3.09. The van der Waals surface area contributed by atoms with Gasteiger partial charge in [0.25, 0.3) is 0 Å². The van der Waals surface area contributed by atoms with Gasteiger partial charge in [0.2, 0.25) is 0 Å². The van der Waals surface area contributed by atoms with Gasteiger partial charge < -0.3 is 15.2 Å². The molecule has 26 heavy (non-hydrogen) atoms. The molecule has 0 radical (unpaired) electrons. The van der Waals surface area contributed by atoms with Crippen LogP contribution < -0.4 is 10.1 Å². The van der Waals surface area contributed by atoms with Crippen LogP contribution in [0, 0.1) is 0 Å². The average molecular weight is 369 g/mol. The topological polar surface area (TPSA) is 46.1 Å². The van der Waals surface area contributed by atoms with E-state index in [0.29, 0.717) is 11.6 Å². The Labute approximate surface area is 159 Å². The SMILES string of the molecule is COc1cccc(C[NH2+]C[C@](O)(c2ccccc2)c2ccc(Cl)cc2)c1. The summed E-state index contributed by atoms with van der Waals surface area (Å²) in [5, 5.41) is 14.3.